The first kappa shape index (κ1) is 23.4. The van der Waals surface area contributed by atoms with Gasteiger partial charge in [-0.3, -0.25) is 24.6 Å². The quantitative estimate of drug-likeness (QED) is 0.265. The van der Waals surface area contributed by atoms with Crippen molar-refractivity contribution in [2.24, 2.45) is 5.92 Å². The Labute approximate surface area is 226 Å². The van der Waals surface area contributed by atoms with E-state index >= 15 is 0 Å². The number of ether oxygens (including phenoxy) is 2. The third kappa shape index (κ3) is 3.13. The number of rotatable bonds is 4. The van der Waals surface area contributed by atoms with Crippen LogP contribution in [0, 0.1) is 16.0 Å². The third-order valence-corrected chi connectivity index (χ3v) is 8.88. The highest BCUT2D eigenvalue weighted by Gasteiger charge is 2.69. The zero-order valence-electron chi connectivity index (χ0n) is 20.1. The fraction of sp³-hybridized carbons (Fsp3) is 0.286. The number of ketones is 1. The fourth-order valence-electron chi connectivity index (χ4n) is 6.95. The zero-order chi connectivity index (χ0) is 26.2. The van der Waals surface area contributed by atoms with Crippen LogP contribution >= 0.6 is 15.9 Å². The minimum atomic E-state index is -1.22. The van der Waals surface area contributed by atoms with E-state index in [2.05, 4.69) is 26.1 Å². The second-order valence-electron chi connectivity index (χ2n) is 10.1. The summed E-state index contributed by atoms with van der Waals surface area (Å²) in [6, 6.07) is 17.1. The van der Waals surface area contributed by atoms with Crippen LogP contribution in [0.15, 0.2) is 65.1 Å². The van der Waals surface area contributed by atoms with E-state index in [-0.39, 0.29) is 36.1 Å². The number of carbonyl (C=O) groups is 2. The predicted octanol–water partition coefficient (Wildman–Crippen LogP) is 4.99. The second-order valence-corrected chi connectivity index (χ2v) is 11.0. The number of nitrogens with zero attached hydrogens (tertiary/aromatic N) is 2. The number of Topliss-reactive ketones (excluding diaryl/α,β-unsaturated/α-hetero) is 1. The number of hydrogen-bond acceptors (Lipinski definition) is 7. The number of nitro groups is 1. The van der Waals surface area contributed by atoms with Gasteiger partial charge in [-0.1, -0.05) is 28.1 Å². The lowest BCUT2D eigenvalue weighted by Gasteiger charge is -2.37. The van der Waals surface area contributed by atoms with Crippen LogP contribution < -0.4 is 14.8 Å². The number of hydrogen-bond donors (Lipinski definition) is 1. The first-order chi connectivity index (χ1) is 18.4. The minimum Gasteiger partial charge on any atom is -0.454 e. The Morgan fingerprint density at radius 1 is 1.08 bits per heavy atom. The molecule has 3 aromatic carbocycles. The van der Waals surface area contributed by atoms with Gasteiger partial charge in [0.25, 0.3) is 5.69 Å². The maximum atomic E-state index is 14.6. The fourth-order valence-corrected chi connectivity index (χ4v) is 7.32. The largest absolute Gasteiger partial charge is 0.454 e. The van der Waals surface area contributed by atoms with Crippen molar-refractivity contribution < 1.29 is 24.0 Å². The van der Waals surface area contributed by atoms with Gasteiger partial charge in [-0.15, -0.1) is 0 Å². The zero-order valence-corrected chi connectivity index (χ0v) is 21.6. The number of benzene rings is 3. The molecule has 7 rings (SSSR count). The summed E-state index contributed by atoms with van der Waals surface area (Å²) in [5, 5.41) is 14.4. The number of non-ortho nitro benzene ring substituents is 1. The van der Waals surface area contributed by atoms with Gasteiger partial charge in [0, 0.05) is 45.4 Å². The molecule has 0 aromatic heterocycles. The molecular weight excluding hydrogens is 554 g/mol. The molecule has 3 unspecified atom stereocenters. The molecular formula is C28H22BrN3O6. The van der Waals surface area contributed by atoms with E-state index in [0.717, 1.165) is 28.4 Å². The van der Waals surface area contributed by atoms with Crippen molar-refractivity contribution in [3.8, 4) is 11.5 Å². The van der Waals surface area contributed by atoms with E-state index < -0.39 is 16.4 Å². The van der Waals surface area contributed by atoms with Crippen molar-refractivity contribution in [2.45, 2.75) is 30.3 Å². The number of fused-ring (bicyclic) bond motifs is 5. The van der Waals surface area contributed by atoms with Gasteiger partial charge in [-0.25, -0.2) is 0 Å². The highest BCUT2D eigenvalue weighted by molar-refractivity contribution is 9.10. The van der Waals surface area contributed by atoms with E-state index in [1.807, 2.05) is 18.2 Å². The SMILES string of the molecule is O=C(c1ccc2c(c1)OCO2)C1C(c2ccc([N+](=O)[O-])cc2)C2CCCN2[C@@]12C(=O)Nc1ccc(Br)cc12. The molecule has 1 spiro atoms. The third-order valence-electron chi connectivity index (χ3n) is 8.39. The minimum absolute atomic E-state index is 0.0173. The molecule has 4 aliphatic rings. The Balaban J connectivity index is 1.45. The molecule has 9 nitrogen and oxygen atoms in total. The number of nitrogens with one attached hydrogen (secondary N) is 1. The number of anilines is 1. The van der Waals surface area contributed by atoms with Crippen molar-refractivity contribution in [1.29, 1.82) is 0 Å². The number of amides is 1. The van der Waals surface area contributed by atoms with Crippen LogP contribution in [-0.2, 0) is 10.3 Å². The highest BCUT2D eigenvalue weighted by atomic mass is 79.9. The Hall–Kier alpha value is -3.76. The van der Waals surface area contributed by atoms with Crippen LogP contribution in [0.5, 0.6) is 11.5 Å². The molecule has 0 saturated carbocycles. The van der Waals surface area contributed by atoms with Gasteiger partial charge in [-0.05, 0) is 61.3 Å². The summed E-state index contributed by atoms with van der Waals surface area (Å²) in [6.07, 6.45) is 1.70. The summed E-state index contributed by atoms with van der Waals surface area (Å²) >= 11 is 3.57. The summed E-state index contributed by atoms with van der Waals surface area (Å²) in [4.78, 5) is 41.8. The lowest BCUT2D eigenvalue weighted by molar-refractivity contribution is -0.384. The molecule has 0 radical (unpaired) electrons. The van der Waals surface area contributed by atoms with Crippen molar-refractivity contribution in [3.05, 3.63) is 91.9 Å². The molecule has 38 heavy (non-hydrogen) atoms. The molecule has 4 atom stereocenters. The molecule has 2 fully saturated rings. The Kier molecular flexibility index (Phi) is 5.15. The van der Waals surface area contributed by atoms with Crippen molar-refractivity contribution in [1.82, 2.24) is 4.90 Å². The van der Waals surface area contributed by atoms with Crippen molar-refractivity contribution >= 4 is 39.0 Å². The number of halogens is 1. The number of carbonyl (C=O) groups excluding carboxylic acids is 2. The van der Waals surface area contributed by atoms with Gasteiger partial charge in [-0.2, -0.15) is 0 Å². The molecule has 192 valence electrons. The summed E-state index contributed by atoms with van der Waals surface area (Å²) < 4.78 is 11.8. The maximum absolute atomic E-state index is 14.6. The van der Waals surface area contributed by atoms with E-state index in [1.54, 1.807) is 30.3 Å². The van der Waals surface area contributed by atoms with Crippen molar-refractivity contribution in [2.75, 3.05) is 18.7 Å². The average molecular weight is 576 g/mol. The van der Waals surface area contributed by atoms with E-state index in [9.17, 15) is 19.7 Å². The maximum Gasteiger partial charge on any atom is 0.269 e. The summed E-state index contributed by atoms with van der Waals surface area (Å²) in [7, 11) is 0. The van der Waals surface area contributed by atoms with Crippen LogP contribution in [0.4, 0.5) is 11.4 Å². The Morgan fingerprint density at radius 3 is 2.66 bits per heavy atom. The first-order valence-electron chi connectivity index (χ1n) is 12.5. The monoisotopic (exact) mass is 575 g/mol. The standard InChI is InChI=1S/C28H22BrN3O6/c29-17-6-9-20-19(13-17)28(27(34)30-20)25(26(33)16-5-10-22-23(12-16)38-14-37-22)24(21-2-1-11-31(21)28)15-3-7-18(8-4-15)32(35)36/h3-10,12-13,21,24-25H,1-2,11,14H2,(H,30,34)/t21?,24?,25?,28-/m1/s1. The van der Waals surface area contributed by atoms with Crippen LogP contribution in [-0.4, -0.2) is 40.9 Å². The molecule has 2 saturated heterocycles. The summed E-state index contributed by atoms with van der Waals surface area (Å²) in [6.45, 7) is 0.754. The van der Waals surface area contributed by atoms with Gasteiger partial charge in [0.2, 0.25) is 12.7 Å². The van der Waals surface area contributed by atoms with Crippen molar-refractivity contribution in [3.63, 3.8) is 0 Å². The Bertz CT molecular complexity index is 1530. The topological polar surface area (TPSA) is 111 Å². The van der Waals surface area contributed by atoms with E-state index in [1.165, 1.54) is 12.1 Å². The lowest BCUT2D eigenvalue weighted by atomic mass is 9.68. The second kappa shape index (κ2) is 8.37. The van der Waals surface area contributed by atoms with E-state index in [0.29, 0.717) is 29.3 Å². The van der Waals surface area contributed by atoms with Crippen LogP contribution in [0.3, 0.4) is 0 Å². The molecule has 0 bridgehead atoms. The average Bonchev–Trinajstić information content (AvgIpc) is 3.68. The van der Waals surface area contributed by atoms with E-state index in [4.69, 9.17) is 9.47 Å². The van der Waals surface area contributed by atoms with Crippen LogP contribution in [0.1, 0.15) is 40.2 Å². The normalized spacial score (nSPS) is 26.9. The van der Waals surface area contributed by atoms with Gasteiger partial charge in [0.05, 0.1) is 10.8 Å². The van der Waals surface area contributed by atoms with Crippen LogP contribution in [0.2, 0.25) is 0 Å². The van der Waals surface area contributed by atoms with Gasteiger partial charge < -0.3 is 14.8 Å². The summed E-state index contributed by atoms with van der Waals surface area (Å²) in [5.41, 5.74) is 1.46. The number of nitro benzene ring substituents is 1. The first-order valence-corrected chi connectivity index (χ1v) is 13.3. The van der Waals surface area contributed by atoms with Gasteiger partial charge in [0.15, 0.2) is 17.3 Å². The molecule has 1 amide bonds. The highest BCUT2D eigenvalue weighted by Crippen LogP contribution is 2.61. The molecule has 3 aromatic rings. The van der Waals surface area contributed by atoms with Gasteiger partial charge in [0.1, 0.15) is 5.54 Å². The van der Waals surface area contributed by atoms with Gasteiger partial charge >= 0.3 is 0 Å². The summed E-state index contributed by atoms with van der Waals surface area (Å²) in [5.74, 6) is -0.459. The Morgan fingerprint density at radius 2 is 1.87 bits per heavy atom. The van der Waals surface area contributed by atoms with Crippen LogP contribution in [0.25, 0.3) is 0 Å². The molecule has 0 aliphatic carbocycles. The molecule has 1 N–H and O–H groups in total. The predicted molar refractivity (Wildman–Crippen MR) is 140 cm³/mol. The molecule has 10 heteroatoms. The lowest BCUT2D eigenvalue weighted by Crippen LogP contribution is -2.52. The molecule has 4 aliphatic heterocycles. The smallest absolute Gasteiger partial charge is 0.269 e. The molecule has 4 heterocycles.